The number of rotatable bonds is 7. The SMILES string of the molecule is CC(=O)N(CC1CC1)c1ccc(-c2ccc(C(=O)NCC3=CCC(C)(N)N=C3)cn2)cc1Cl. The van der Waals surface area contributed by atoms with Gasteiger partial charge in [-0.2, -0.15) is 0 Å². The third-order valence-electron chi connectivity index (χ3n) is 5.83. The molecule has 2 heterocycles. The first-order valence-corrected chi connectivity index (χ1v) is 11.4. The van der Waals surface area contributed by atoms with Crippen LogP contribution in [0.25, 0.3) is 11.3 Å². The van der Waals surface area contributed by atoms with Crippen LogP contribution in [0.5, 0.6) is 0 Å². The van der Waals surface area contributed by atoms with Crippen molar-refractivity contribution in [3.63, 3.8) is 0 Å². The number of amides is 2. The lowest BCUT2D eigenvalue weighted by Crippen LogP contribution is -2.36. The largest absolute Gasteiger partial charge is 0.348 e. The topological polar surface area (TPSA) is 101 Å². The van der Waals surface area contributed by atoms with Gasteiger partial charge in [0.05, 0.1) is 22.0 Å². The molecule has 33 heavy (non-hydrogen) atoms. The van der Waals surface area contributed by atoms with Gasteiger partial charge in [-0.05, 0) is 55.5 Å². The van der Waals surface area contributed by atoms with Gasteiger partial charge in [0.25, 0.3) is 5.91 Å². The Kier molecular flexibility index (Phi) is 6.63. The van der Waals surface area contributed by atoms with Gasteiger partial charge in [-0.25, -0.2) is 0 Å². The molecule has 8 heteroatoms. The summed E-state index contributed by atoms with van der Waals surface area (Å²) in [7, 11) is 0. The van der Waals surface area contributed by atoms with Crippen LogP contribution in [0.15, 0.2) is 53.2 Å². The summed E-state index contributed by atoms with van der Waals surface area (Å²) >= 11 is 6.53. The molecule has 172 valence electrons. The number of dihydropyridines is 1. The quantitative estimate of drug-likeness (QED) is 0.646. The van der Waals surface area contributed by atoms with E-state index in [0.717, 1.165) is 24.0 Å². The Hall–Kier alpha value is -3.03. The van der Waals surface area contributed by atoms with E-state index in [9.17, 15) is 9.59 Å². The highest BCUT2D eigenvalue weighted by Gasteiger charge is 2.27. The second kappa shape index (κ2) is 9.45. The van der Waals surface area contributed by atoms with Gasteiger partial charge in [0, 0.05) is 44.4 Å². The van der Waals surface area contributed by atoms with E-state index in [0.29, 0.717) is 47.4 Å². The predicted molar refractivity (Wildman–Crippen MR) is 132 cm³/mol. The van der Waals surface area contributed by atoms with Gasteiger partial charge in [-0.3, -0.25) is 19.6 Å². The first-order valence-electron chi connectivity index (χ1n) is 11.1. The van der Waals surface area contributed by atoms with Crippen LogP contribution in [0.4, 0.5) is 5.69 Å². The lowest BCUT2D eigenvalue weighted by Gasteiger charge is -2.22. The van der Waals surface area contributed by atoms with Crippen LogP contribution < -0.4 is 16.0 Å². The Balaban J connectivity index is 1.41. The summed E-state index contributed by atoms with van der Waals surface area (Å²) in [5.74, 6) is 0.333. The molecule has 1 unspecified atom stereocenters. The molecule has 1 atom stereocenters. The number of nitrogens with one attached hydrogen (secondary N) is 1. The standard InChI is InChI=1S/C25H28ClN5O2/c1-16(32)31(15-17-3-4-17)23-8-6-19(11-21(23)26)22-7-5-20(14-28-22)24(33)29-12-18-9-10-25(2,27)30-13-18/h5-9,11,13-14,17H,3-4,10,12,15,27H2,1-2H3,(H,29,33). The molecule has 1 aliphatic heterocycles. The van der Waals surface area contributed by atoms with Crippen molar-refractivity contribution in [1.29, 1.82) is 0 Å². The summed E-state index contributed by atoms with van der Waals surface area (Å²) in [5, 5.41) is 3.38. The van der Waals surface area contributed by atoms with Crippen LogP contribution in [-0.4, -0.2) is 41.8 Å². The zero-order chi connectivity index (χ0) is 23.6. The van der Waals surface area contributed by atoms with E-state index >= 15 is 0 Å². The first-order chi connectivity index (χ1) is 15.7. The number of halogens is 1. The van der Waals surface area contributed by atoms with Crippen LogP contribution in [0.2, 0.25) is 5.02 Å². The molecule has 1 fully saturated rings. The molecule has 0 radical (unpaired) electrons. The second-order valence-electron chi connectivity index (χ2n) is 8.95. The number of nitrogens with two attached hydrogens (primary N) is 1. The van der Waals surface area contributed by atoms with Gasteiger partial charge < -0.3 is 16.0 Å². The molecule has 0 saturated heterocycles. The van der Waals surface area contributed by atoms with E-state index in [2.05, 4.69) is 15.3 Å². The van der Waals surface area contributed by atoms with Gasteiger partial charge in [0.1, 0.15) is 5.66 Å². The monoisotopic (exact) mass is 465 g/mol. The van der Waals surface area contributed by atoms with E-state index in [1.54, 1.807) is 36.4 Å². The van der Waals surface area contributed by atoms with Gasteiger partial charge in [-0.1, -0.05) is 23.7 Å². The van der Waals surface area contributed by atoms with Crippen molar-refractivity contribution < 1.29 is 9.59 Å². The van der Waals surface area contributed by atoms with E-state index in [4.69, 9.17) is 17.3 Å². The number of hydrogen-bond acceptors (Lipinski definition) is 5. The summed E-state index contributed by atoms with van der Waals surface area (Å²) in [6.07, 6.45) is 8.18. The van der Waals surface area contributed by atoms with Crippen LogP contribution in [0.3, 0.4) is 0 Å². The lowest BCUT2D eigenvalue weighted by atomic mass is 10.0. The summed E-state index contributed by atoms with van der Waals surface area (Å²) in [6.45, 7) is 4.50. The Bertz CT molecular complexity index is 1120. The highest BCUT2D eigenvalue weighted by molar-refractivity contribution is 6.34. The van der Waals surface area contributed by atoms with Crippen molar-refractivity contribution in [3.05, 3.63) is 58.8 Å². The molecule has 1 aliphatic carbocycles. The fraction of sp³-hybridized carbons (Fsp3) is 0.360. The maximum Gasteiger partial charge on any atom is 0.253 e. The van der Waals surface area contributed by atoms with Crippen molar-refractivity contribution >= 4 is 35.3 Å². The maximum absolute atomic E-state index is 12.5. The maximum atomic E-state index is 12.5. The number of nitrogens with zero attached hydrogens (tertiary/aromatic N) is 3. The van der Waals surface area contributed by atoms with Gasteiger partial charge in [0.2, 0.25) is 5.91 Å². The minimum absolute atomic E-state index is 0.0163. The molecule has 1 aromatic carbocycles. The third-order valence-corrected chi connectivity index (χ3v) is 6.14. The fourth-order valence-corrected chi connectivity index (χ4v) is 3.90. The molecule has 3 N–H and O–H groups in total. The van der Waals surface area contributed by atoms with Gasteiger partial charge in [0.15, 0.2) is 0 Å². The van der Waals surface area contributed by atoms with Crippen LogP contribution >= 0.6 is 11.6 Å². The van der Waals surface area contributed by atoms with Crippen LogP contribution in [0.1, 0.15) is 43.5 Å². The molecule has 2 aliphatic rings. The molecule has 1 saturated carbocycles. The number of anilines is 1. The average Bonchev–Trinajstić information content (AvgIpc) is 3.61. The number of benzene rings is 1. The Morgan fingerprint density at radius 2 is 2.06 bits per heavy atom. The molecule has 4 rings (SSSR count). The number of aromatic nitrogens is 1. The number of carbonyl (C=O) groups excluding carboxylic acids is 2. The van der Waals surface area contributed by atoms with E-state index in [1.807, 2.05) is 31.2 Å². The summed E-state index contributed by atoms with van der Waals surface area (Å²) in [5.41, 5.74) is 8.99. The van der Waals surface area contributed by atoms with E-state index in [-0.39, 0.29) is 11.8 Å². The van der Waals surface area contributed by atoms with Gasteiger partial charge in [-0.15, -0.1) is 0 Å². The minimum Gasteiger partial charge on any atom is -0.348 e. The summed E-state index contributed by atoms with van der Waals surface area (Å²) < 4.78 is 0. The van der Waals surface area contributed by atoms with Crippen LogP contribution in [-0.2, 0) is 4.79 Å². The summed E-state index contributed by atoms with van der Waals surface area (Å²) in [4.78, 5) is 35.0. The van der Waals surface area contributed by atoms with Crippen molar-refractivity contribution in [3.8, 4) is 11.3 Å². The molecule has 2 amide bonds. The average molecular weight is 466 g/mol. The normalized spacial score (nSPS) is 19.7. The lowest BCUT2D eigenvalue weighted by molar-refractivity contribution is -0.116. The molecule has 2 aromatic rings. The Morgan fingerprint density at radius 1 is 1.27 bits per heavy atom. The molecular weight excluding hydrogens is 438 g/mol. The number of hydrogen-bond donors (Lipinski definition) is 2. The van der Waals surface area contributed by atoms with Gasteiger partial charge >= 0.3 is 0 Å². The zero-order valence-electron chi connectivity index (χ0n) is 18.8. The molecule has 1 aromatic heterocycles. The highest BCUT2D eigenvalue weighted by Crippen LogP contribution is 2.35. The minimum atomic E-state index is -0.573. The zero-order valence-corrected chi connectivity index (χ0v) is 19.6. The van der Waals surface area contributed by atoms with E-state index in [1.165, 1.54) is 0 Å². The van der Waals surface area contributed by atoms with Crippen molar-refractivity contribution in [2.75, 3.05) is 18.0 Å². The summed E-state index contributed by atoms with van der Waals surface area (Å²) in [6, 6.07) is 9.08. The smallest absolute Gasteiger partial charge is 0.253 e. The Morgan fingerprint density at radius 3 is 2.64 bits per heavy atom. The molecule has 7 nitrogen and oxygen atoms in total. The van der Waals surface area contributed by atoms with Crippen LogP contribution in [0, 0.1) is 5.92 Å². The molecule has 0 spiro atoms. The fourth-order valence-electron chi connectivity index (χ4n) is 3.61. The van der Waals surface area contributed by atoms with E-state index < -0.39 is 5.66 Å². The first kappa shape index (κ1) is 23.1. The number of pyridine rings is 1. The number of carbonyl (C=O) groups is 2. The van der Waals surface area contributed by atoms with Crippen molar-refractivity contribution in [2.24, 2.45) is 16.6 Å². The Labute approximate surface area is 198 Å². The highest BCUT2D eigenvalue weighted by atomic mass is 35.5. The third kappa shape index (κ3) is 5.86. The molecule has 0 bridgehead atoms. The number of aliphatic imine (C=N–C) groups is 1. The van der Waals surface area contributed by atoms with Crippen molar-refractivity contribution in [1.82, 2.24) is 10.3 Å². The molecular formula is C25H28ClN5O2. The predicted octanol–water partition coefficient (Wildman–Crippen LogP) is 3.97. The second-order valence-corrected chi connectivity index (χ2v) is 9.36. The van der Waals surface area contributed by atoms with Crippen molar-refractivity contribution in [2.45, 2.75) is 38.8 Å².